The zero-order chi connectivity index (χ0) is 7.40. The third-order valence-electron chi connectivity index (χ3n) is 1.55. The Balaban J connectivity index is 0. The van der Waals surface area contributed by atoms with Gasteiger partial charge in [-0.2, -0.15) is 0 Å². The molecule has 4 heteroatoms. The van der Waals surface area contributed by atoms with E-state index in [0.29, 0.717) is 0 Å². The highest BCUT2D eigenvalue weighted by Crippen LogP contribution is 2.10. The molecule has 1 atom stereocenters. The van der Waals surface area contributed by atoms with Gasteiger partial charge in [-0.1, -0.05) is 13.0 Å². The van der Waals surface area contributed by atoms with Gasteiger partial charge in [-0.3, -0.25) is 4.98 Å². The molecule has 0 aliphatic rings. The van der Waals surface area contributed by atoms with E-state index in [9.17, 15) is 0 Å². The van der Waals surface area contributed by atoms with Crippen molar-refractivity contribution in [2.75, 3.05) is 0 Å². The van der Waals surface area contributed by atoms with Gasteiger partial charge in [-0.05, 0) is 18.1 Å². The number of halogens is 2. The normalized spacial score (nSPS) is 10.8. The lowest BCUT2D eigenvalue weighted by Gasteiger charge is -2.06. The average molecular weight is 209 g/mol. The van der Waals surface area contributed by atoms with Crippen molar-refractivity contribution in [3.63, 3.8) is 0 Å². The van der Waals surface area contributed by atoms with Crippen LogP contribution < -0.4 is 5.73 Å². The smallest absolute Gasteiger partial charge is 0.0315 e. The monoisotopic (exact) mass is 208 g/mol. The van der Waals surface area contributed by atoms with E-state index in [4.69, 9.17) is 5.73 Å². The molecule has 0 fully saturated rings. The van der Waals surface area contributed by atoms with Gasteiger partial charge in [0, 0.05) is 18.4 Å². The minimum atomic E-state index is 0. The van der Waals surface area contributed by atoms with Gasteiger partial charge in [0.1, 0.15) is 0 Å². The van der Waals surface area contributed by atoms with Crippen LogP contribution in [0.4, 0.5) is 0 Å². The molecular formula is C8H14Cl2N2. The molecule has 0 spiro atoms. The molecule has 0 radical (unpaired) electrons. The van der Waals surface area contributed by atoms with Crippen molar-refractivity contribution in [3.05, 3.63) is 30.1 Å². The molecule has 2 N–H and O–H groups in total. The maximum Gasteiger partial charge on any atom is 0.0315 e. The standard InChI is InChI=1S/C8H12N2.2ClH/c1-2-8(9)7-4-3-5-10-6-7;;/h3-6,8H,2,9H2,1H3;2*1H/t8-;;/m0../s1. The summed E-state index contributed by atoms with van der Waals surface area (Å²) in [5, 5.41) is 0. The molecule has 70 valence electrons. The molecule has 1 rings (SSSR count). The summed E-state index contributed by atoms with van der Waals surface area (Å²) in [6.45, 7) is 2.07. The van der Waals surface area contributed by atoms with E-state index in [2.05, 4.69) is 11.9 Å². The van der Waals surface area contributed by atoms with Crippen molar-refractivity contribution in [2.24, 2.45) is 5.73 Å². The van der Waals surface area contributed by atoms with Crippen molar-refractivity contribution in [1.82, 2.24) is 4.98 Å². The van der Waals surface area contributed by atoms with E-state index in [1.54, 1.807) is 6.20 Å². The van der Waals surface area contributed by atoms with Gasteiger partial charge in [0.25, 0.3) is 0 Å². The Kier molecular flexibility index (Phi) is 8.71. The minimum absolute atomic E-state index is 0. The quantitative estimate of drug-likeness (QED) is 0.811. The number of hydrogen-bond donors (Lipinski definition) is 1. The zero-order valence-corrected chi connectivity index (χ0v) is 8.57. The van der Waals surface area contributed by atoms with Crippen LogP contribution in [0.5, 0.6) is 0 Å². The molecular weight excluding hydrogens is 195 g/mol. The molecule has 1 aromatic rings. The molecule has 0 aliphatic heterocycles. The van der Waals surface area contributed by atoms with Crippen LogP contribution in [0.15, 0.2) is 24.5 Å². The second-order valence-electron chi connectivity index (χ2n) is 2.30. The van der Waals surface area contributed by atoms with Crippen molar-refractivity contribution in [3.8, 4) is 0 Å². The van der Waals surface area contributed by atoms with Crippen LogP contribution in [-0.2, 0) is 0 Å². The molecule has 1 aromatic heterocycles. The molecule has 0 saturated heterocycles. The summed E-state index contributed by atoms with van der Waals surface area (Å²) in [7, 11) is 0. The molecule has 2 nitrogen and oxygen atoms in total. The molecule has 1 heterocycles. The largest absolute Gasteiger partial charge is 0.324 e. The fourth-order valence-corrected chi connectivity index (χ4v) is 0.831. The Morgan fingerprint density at radius 1 is 1.50 bits per heavy atom. The predicted octanol–water partition coefficient (Wildman–Crippen LogP) is 2.34. The molecule has 0 saturated carbocycles. The first-order valence-electron chi connectivity index (χ1n) is 3.50. The highest BCUT2D eigenvalue weighted by atomic mass is 35.5. The topological polar surface area (TPSA) is 38.9 Å². The number of hydrogen-bond acceptors (Lipinski definition) is 2. The lowest BCUT2D eigenvalue weighted by Crippen LogP contribution is -2.08. The summed E-state index contributed by atoms with van der Waals surface area (Å²) in [5.74, 6) is 0. The Morgan fingerprint density at radius 3 is 2.58 bits per heavy atom. The number of rotatable bonds is 2. The second kappa shape index (κ2) is 7.35. The Hall–Kier alpha value is -0.310. The van der Waals surface area contributed by atoms with Gasteiger partial charge in [0.15, 0.2) is 0 Å². The van der Waals surface area contributed by atoms with Crippen molar-refractivity contribution >= 4 is 24.8 Å². The fraction of sp³-hybridized carbons (Fsp3) is 0.375. The summed E-state index contributed by atoms with van der Waals surface area (Å²) < 4.78 is 0. The van der Waals surface area contributed by atoms with Crippen molar-refractivity contribution in [2.45, 2.75) is 19.4 Å². The number of pyridine rings is 1. The van der Waals surface area contributed by atoms with Gasteiger partial charge < -0.3 is 5.73 Å². The molecule has 0 aliphatic carbocycles. The Bertz CT molecular complexity index is 192. The second-order valence-corrected chi connectivity index (χ2v) is 2.30. The minimum Gasteiger partial charge on any atom is -0.324 e. The lowest BCUT2D eigenvalue weighted by molar-refractivity contribution is 0.695. The SMILES string of the molecule is CC[C@H](N)c1cccnc1.Cl.Cl. The van der Waals surface area contributed by atoms with E-state index >= 15 is 0 Å². The predicted molar refractivity (Wildman–Crippen MR) is 56.0 cm³/mol. The van der Waals surface area contributed by atoms with E-state index in [-0.39, 0.29) is 30.9 Å². The van der Waals surface area contributed by atoms with Gasteiger partial charge >= 0.3 is 0 Å². The molecule has 0 aromatic carbocycles. The first-order chi connectivity index (χ1) is 4.84. The summed E-state index contributed by atoms with van der Waals surface area (Å²) in [5.41, 5.74) is 6.87. The van der Waals surface area contributed by atoms with Crippen LogP contribution in [0.3, 0.4) is 0 Å². The van der Waals surface area contributed by atoms with Crippen LogP contribution in [-0.4, -0.2) is 4.98 Å². The van der Waals surface area contributed by atoms with Crippen LogP contribution in [0.2, 0.25) is 0 Å². The number of aromatic nitrogens is 1. The Labute approximate surface area is 85.4 Å². The zero-order valence-electron chi connectivity index (χ0n) is 6.93. The van der Waals surface area contributed by atoms with Gasteiger partial charge in [0.2, 0.25) is 0 Å². The van der Waals surface area contributed by atoms with E-state index in [1.807, 2.05) is 18.3 Å². The summed E-state index contributed by atoms with van der Waals surface area (Å²) in [4.78, 5) is 3.97. The van der Waals surface area contributed by atoms with Crippen LogP contribution >= 0.6 is 24.8 Å². The number of nitrogens with two attached hydrogens (primary N) is 1. The first-order valence-corrected chi connectivity index (χ1v) is 3.50. The summed E-state index contributed by atoms with van der Waals surface area (Å²) in [6.07, 6.45) is 4.53. The van der Waals surface area contributed by atoms with Crippen molar-refractivity contribution < 1.29 is 0 Å². The highest BCUT2D eigenvalue weighted by molar-refractivity contribution is 5.85. The first kappa shape index (κ1) is 14.2. The third-order valence-corrected chi connectivity index (χ3v) is 1.55. The van der Waals surface area contributed by atoms with E-state index < -0.39 is 0 Å². The summed E-state index contributed by atoms with van der Waals surface area (Å²) >= 11 is 0. The molecule has 0 unspecified atom stereocenters. The molecule has 0 amide bonds. The van der Waals surface area contributed by atoms with Gasteiger partial charge in [0.05, 0.1) is 0 Å². The van der Waals surface area contributed by atoms with Crippen molar-refractivity contribution in [1.29, 1.82) is 0 Å². The van der Waals surface area contributed by atoms with E-state index in [1.165, 1.54) is 0 Å². The maximum absolute atomic E-state index is 5.75. The van der Waals surface area contributed by atoms with Crippen LogP contribution in [0.1, 0.15) is 24.9 Å². The van der Waals surface area contributed by atoms with Crippen LogP contribution in [0, 0.1) is 0 Å². The highest BCUT2D eigenvalue weighted by Gasteiger charge is 1.99. The maximum atomic E-state index is 5.75. The lowest BCUT2D eigenvalue weighted by atomic mass is 10.1. The van der Waals surface area contributed by atoms with Gasteiger partial charge in [-0.15, -0.1) is 24.8 Å². The van der Waals surface area contributed by atoms with Crippen LogP contribution in [0.25, 0.3) is 0 Å². The van der Waals surface area contributed by atoms with E-state index in [0.717, 1.165) is 12.0 Å². The summed E-state index contributed by atoms with van der Waals surface area (Å²) in [6, 6.07) is 4.06. The third kappa shape index (κ3) is 3.90. The fourth-order valence-electron chi connectivity index (χ4n) is 0.831. The number of nitrogens with zero attached hydrogens (tertiary/aromatic N) is 1. The van der Waals surface area contributed by atoms with Gasteiger partial charge in [-0.25, -0.2) is 0 Å². The molecule has 12 heavy (non-hydrogen) atoms. The molecule has 0 bridgehead atoms. The Morgan fingerprint density at radius 2 is 2.17 bits per heavy atom. The average Bonchev–Trinajstić information content (AvgIpc) is 2.05.